The lowest BCUT2D eigenvalue weighted by Gasteiger charge is -2.15. The zero-order valence-corrected chi connectivity index (χ0v) is 19.8. The predicted octanol–water partition coefficient (Wildman–Crippen LogP) is 5.85. The molecule has 0 radical (unpaired) electrons. The molecule has 8 heteroatoms. The number of esters is 1. The highest BCUT2D eigenvalue weighted by Gasteiger charge is 2.26. The zero-order valence-electron chi connectivity index (χ0n) is 15.3. The van der Waals surface area contributed by atoms with Crippen LogP contribution in [0, 0.1) is 3.57 Å². The number of cyclic esters (lactones) is 1. The third-order valence-electron chi connectivity index (χ3n) is 3.69. The number of ether oxygens (including phenoxy) is 3. The molecule has 0 atom stereocenters. The average molecular weight is 577 g/mol. The van der Waals surface area contributed by atoms with Gasteiger partial charge in [-0.25, -0.2) is 9.79 Å². The Morgan fingerprint density at radius 3 is 2.71 bits per heavy atom. The van der Waals surface area contributed by atoms with Crippen molar-refractivity contribution in [1.82, 2.24) is 0 Å². The molecule has 146 valence electrons. The van der Waals surface area contributed by atoms with Crippen LogP contribution in [0.4, 0.5) is 0 Å². The Labute approximate surface area is 190 Å². The largest absolute Gasteiger partial charge is 0.493 e. The molecule has 1 aliphatic heterocycles. The minimum atomic E-state index is -0.539. The van der Waals surface area contributed by atoms with Crippen LogP contribution in [0.25, 0.3) is 6.08 Å². The molecule has 1 heterocycles. The van der Waals surface area contributed by atoms with Crippen LogP contribution in [0.15, 0.2) is 45.5 Å². The Morgan fingerprint density at radius 2 is 2.04 bits per heavy atom. The molecular formula is C20H16BrClINO4. The van der Waals surface area contributed by atoms with Gasteiger partial charge in [0.2, 0.25) is 5.90 Å². The minimum Gasteiger partial charge on any atom is -0.493 e. The SMILES string of the molecule is COc1cc(/C=C2\N=C(c3cc(I)ccc3Cl)OC2=O)cc(Br)c1OC(C)C. The normalized spacial score (nSPS) is 15.0. The van der Waals surface area contributed by atoms with Gasteiger partial charge in [0.05, 0.1) is 28.3 Å². The monoisotopic (exact) mass is 575 g/mol. The topological polar surface area (TPSA) is 57.1 Å². The van der Waals surface area contributed by atoms with E-state index in [0.29, 0.717) is 32.1 Å². The Hall–Kier alpha value is -1.58. The van der Waals surface area contributed by atoms with Crippen LogP contribution in [0.3, 0.4) is 0 Å². The fourth-order valence-electron chi connectivity index (χ4n) is 2.52. The van der Waals surface area contributed by atoms with Crippen molar-refractivity contribution in [2.24, 2.45) is 4.99 Å². The van der Waals surface area contributed by atoms with Crippen molar-refractivity contribution in [3.8, 4) is 11.5 Å². The maximum atomic E-state index is 12.3. The molecule has 28 heavy (non-hydrogen) atoms. The number of nitrogens with zero attached hydrogens (tertiary/aromatic N) is 1. The first-order valence-corrected chi connectivity index (χ1v) is 10.6. The van der Waals surface area contributed by atoms with E-state index in [-0.39, 0.29) is 17.7 Å². The van der Waals surface area contributed by atoms with E-state index in [2.05, 4.69) is 43.5 Å². The lowest BCUT2D eigenvalue weighted by atomic mass is 10.1. The van der Waals surface area contributed by atoms with Crippen molar-refractivity contribution < 1.29 is 19.0 Å². The molecule has 3 rings (SSSR count). The number of rotatable bonds is 5. The van der Waals surface area contributed by atoms with E-state index in [1.54, 1.807) is 25.3 Å². The molecule has 5 nitrogen and oxygen atoms in total. The second-order valence-electron chi connectivity index (χ2n) is 6.16. The third kappa shape index (κ3) is 4.69. The van der Waals surface area contributed by atoms with Gasteiger partial charge in [-0.05, 0) is 94.3 Å². The first kappa shape index (κ1) is 21.1. The van der Waals surface area contributed by atoms with Gasteiger partial charge in [0, 0.05) is 3.57 Å². The zero-order chi connectivity index (χ0) is 20.4. The van der Waals surface area contributed by atoms with Gasteiger partial charge in [-0.3, -0.25) is 0 Å². The van der Waals surface area contributed by atoms with E-state index in [1.165, 1.54) is 0 Å². The van der Waals surface area contributed by atoms with Gasteiger partial charge >= 0.3 is 5.97 Å². The number of hydrogen-bond donors (Lipinski definition) is 0. The van der Waals surface area contributed by atoms with E-state index in [1.807, 2.05) is 32.0 Å². The molecule has 2 aromatic rings. The molecule has 2 aromatic carbocycles. The van der Waals surface area contributed by atoms with Crippen molar-refractivity contribution >= 4 is 68.1 Å². The van der Waals surface area contributed by atoms with Crippen molar-refractivity contribution in [2.45, 2.75) is 20.0 Å². The maximum absolute atomic E-state index is 12.3. The van der Waals surface area contributed by atoms with Crippen LogP contribution in [0.2, 0.25) is 5.02 Å². The number of carbonyl (C=O) groups is 1. The predicted molar refractivity (Wildman–Crippen MR) is 121 cm³/mol. The van der Waals surface area contributed by atoms with Crippen LogP contribution < -0.4 is 9.47 Å². The molecule has 0 fully saturated rings. The molecule has 0 unspecified atom stereocenters. The van der Waals surface area contributed by atoms with Crippen molar-refractivity contribution in [2.75, 3.05) is 7.11 Å². The fraction of sp³-hybridized carbons (Fsp3) is 0.200. The average Bonchev–Trinajstić information content (AvgIpc) is 2.99. The van der Waals surface area contributed by atoms with Crippen LogP contribution in [-0.4, -0.2) is 25.1 Å². The number of halogens is 3. The summed E-state index contributed by atoms with van der Waals surface area (Å²) in [5.41, 5.74) is 1.46. The summed E-state index contributed by atoms with van der Waals surface area (Å²) in [6.07, 6.45) is 1.62. The van der Waals surface area contributed by atoms with Crippen LogP contribution in [0.1, 0.15) is 25.0 Å². The summed E-state index contributed by atoms with van der Waals surface area (Å²) in [4.78, 5) is 16.6. The highest BCUT2D eigenvalue weighted by molar-refractivity contribution is 14.1. The van der Waals surface area contributed by atoms with Gasteiger partial charge in [-0.2, -0.15) is 0 Å². The minimum absolute atomic E-state index is 0.00945. The molecular weight excluding hydrogens is 560 g/mol. The Kier molecular flexibility index (Phi) is 6.67. The van der Waals surface area contributed by atoms with Gasteiger partial charge < -0.3 is 14.2 Å². The first-order valence-electron chi connectivity index (χ1n) is 8.30. The van der Waals surface area contributed by atoms with E-state index in [9.17, 15) is 4.79 Å². The number of carbonyl (C=O) groups excluding carboxylic acids is 1. The smallest absolute Gasteiger partial charge is 0.363 e. The van der Waals surface area contributed by atoms with Crippen molar-refractivity contribution in [3.05, 3.63) is 60.2 Å². The molecule has 0 saturated carbocycles. The van der Waals surface area contributed by atoms with Gasteiger partial charge in [0.15, 0.2) is 17.2 Å². The van der Waals surface area contributed by atoms with Crippen molar-refractivity contribution in [1.29, 1.82) is 0 Å². The molecule has 0 N–H and O–H groups in total. The van der Waals surface area contributed by atoms with Crippen LogP contribution in [0.5, 0.6) is 11.5 Å². The quantitative estimate of drug-likeness (QED) is 0.255. The second-order valence-corrected chi connectivity index (χ2v) is 8.67. The Balaban J connectivity index is 1.99. The molecule has 0 bridgehead atoms. The number of hydrogen-bond acceptors (Lipinski definition) is 5. The molecule has 0 spiro atoms. The fourth-order valence-corrected chi connectivity index (χ4v) is 3.76. The maximum Gasteiger partial charge on any atom is 0.363 e. The molecule has 0 aromatic heterocycles. The summed E-state index contributed by atoms with van der Waals surface area (Å²) < 4.78 is 18.2. The lowest BCUT2D eigenvalue weighted by molar-refractivity contribution is -0.129. The summed E-state index contributed by atoms with van der Waals surface area (Å²) >= 11 is 11.9. The van der Waals surface area contributed by atoms with Gasteiger partial charge in [0.1, 0.15) is 0 Å². The van der Waals surface area contributed by atoms with E-state index < -0.39 is 5.97 Å². The van der Waals surface area contributed by atoms with Gasteiger partial charge in [-0.1, -0.05) is 11.6 Å². The Morgan fingerprint density at radius 1 is 1.29 bits per heavy atom. The number of aliphatic imine (C=N–C) groups is 1. The molecule has 0 aliphatic carbocycles. The molecule has 0 saturated heterocycles. The summed E-state index contributed by atoms with van der Waals surface area (Å²) in [5, 5.41) is 0.466. The summed E-state index contributed by atoms with van der Waals surface area (Å²) in [5.74, 6) is 0.794. The van der Waals surface area contributed by atoms with Gasteiger partial charge in [-0.15, -0.1) is 0 Å². The molecule has 1 aliphatic rings. The standard InChI is InChI=1S/C20H16BrClINO4/c1-10(2)27-18-14(21)6-11(8-17(18)26-3)7-16-20(25)28-19(24-16)13-9-12(23)4-5-15(13)22/h4-10H,1-3H3/b16-7-. The van der Waals surface area contributed by atoms with E-state index >= 15 is 0 Å². The second kappa shape index (κ2) is 8.84. The highest BCUT2D eigenvalue weighted by atomic mass is 127. The Bertz CT molecular complexity index is 1000. The van der Waals surface area contributed by atoms with Crippen LogP contribution in [-0.2, 0) is 9.53 Å². The number of methoxy groups -OCH3 is 1. The highest BCUT2D eigenvalue weighted by Crippen LogP contribution is 2.38. The van der Waals surface area contributed by atoms with Crippen molar-refractivity contribution in [3.63, 3.8) is 0 Å². The van der Waals surface area contributed by atoms with E-state index in [4.69, 9.17) is 25.8 Å². The van der Waals surface area contributed by atoms with Gasteiger partial charge in [0.25, 0.3) is 0 Å². The number of benzene rings is 2. The first-order chi connectivity index (χ1) is 13.3. The molecule has 0 amide bonds. The lowest BCUT2D eigenvalue weighted by Crippen LogP contribution is -2.07. The van der Waals surface area contributed by atoms with E-state index in [0.717, 1.165) is 3.57 Å². The summed E-state index contributed by atoms with van der Waals surface area (Å²) in [6.45, 7) is 3.87. The van der Waals surface area contributed by atoms with Crippen LogP contribution >= 0.6 is 50.1 Å². The third-order valence-corrected chi connectivity index (χ3v) is 5.28. The summed E-state index contributed by atoms with van der Waals surface area (Å²) in [6, 6.07) is 9.02. The summed E-state index contributed by atoms with van der Waals surface area (Å²) in [7, 11) is 1.56.